The van der Waals surface area contributed by atoms with E-state index >= 15 is 0 Å². The van der Waals surface area contributed by atoms with Crippen LogP contribution in [0.25, 0.3) is 16.9 Å². The van der Waals surface area contributed by atoms with Gasteiger partial charge in [-0.15, -0.1) is 0 Å². The summed E-state index contributed by atoms with van der Waals surface area (Å²) in [5.41, 5.74) is 13.6. The highest BCUT2D eigenvalue weighted by atomic mass is 31.1. The standard InChI is InChI=1S/C25H35N8O6P/c1-12-5-19(33-11-29-21-22(33)30-24(27)31-23(21)34)38-17(12)8-37-40(35)39-18-6-16(15-7-25(15,18)9-36-4)32-10-28-20(13(2)26)14(32)3/h10-12,15-19,40H,2,5-9,26H2,1,3-4H3,(H3,27,30,31,34)/t12-,15+,16-,17+,18-,19+,25+/m0/s1. The number of methoxy groups -OCH3 is 1. The fourth-order valence-corrected chi connectivity index (χ4v) is 7.56. The van der Waals surface area contributed by atoms with Gasteiger partial charge in [-0.1, -0.05) is 13.5 Å². The largest absolute Gasteiger partial charge is 0.397 e. The van der Waals surface area contributed by atoms with E-state index in [0.29, 0.717) is 42.4 Å². The predicted octanol–water partition coefficient (Wildman–Crippen LogP) is 2.15. The molecule has 2 saturated carbocycles. The number of nitrogens with zero attached hydrogens (tertiary/aromatic N) is 5. The molecule has 1 unspecified atom stereocenters. The van der Waals surface area contributed by atoms with Crippen molar-refractivity contribution >= 4 is 31.1 Å². The van der Waals surface area contributed by atoms with Crippen molar-refractivity contribution < 1.29 is 23.1 Å². The van der Waals surface area contributed by atoms with E-state index in [1.807, 2.05) is 13.8 Å². The Kier molecular flexibility index (Phi) is 6.86. The average molecular weight is 575 g/mol. The molecule has 0 radical (unpaired) electrons. The summed E-state index contributed by atoms with van der Waals surface area (Å²) in [7, 11) is -1.15. The van der Waals surface area contributed by atoms with Crippen LogP contribution < -0.4 is 17.0 Å². The predicted molar refractivity (Wildman–Crippen MR) is 146 cm³/mol. The lowest BCUT2D eigenvalue weighted by Crippen LogP contribution is -2.26. The van der Waals surface area contributed by atoms with Crippen molar-refractivity contribution in [1.82, 2.24) is 29.1 Å². The van der Waals surface area contributed by atoms with Crippen molar-refractivity contribution in [2.75, 3.05) is 26.1 Å². The fraction of sp³-hybridized carbons (Fsp3) is 0.600. The molecule has 15 heteroatoms. The number of nitrogens with one attached hydrogen (secondary N) is 1. The molecule has 2 aliphatic carbocycles. The minimum Gasteiger partial charge on any atom is -0.397 e. The number of ether oxygens (including phenoxy) is 2. The summed E-state index contributed by atoms with van der Waals surface area (Å²) in [6.07, 6.45) is 4.52. The number of H-pyrrole nitrogens is 1. The van der Waals surface area contributed by atoms with Gasteiger partial charge in [0.15, 0.2) is 11.2 Å². The Hall–Kier alpha value is -3.03. The molecule has 4 heterocycles. The van der Waals surface area contributed by atoms with E-state index in [1.165, 1.54) is 6.33 Å². The molecule has 6 rings (SSSR count). The van der Waals surface area contributed by atoms with Crippen LogP contribution in [-0.4, -0.2) is 61.6 Å². The lowest BCUT2D eigenvalue weighted by atomic mass is 10.0. The van der Waals surface area contributed by atoms with Crippen LogP contribution in [0.4, 0.5) is 5.95 Å². The van der Waals surface area contributed by atoms with Gasteiger partial charge in [0.05, 0.1) is 43.8 Å². The molecule has 0 bridgehead atoms. The monoisotopic (exact) mass is 574 g/mol. The van der Waals surface area contributed by atoms with Gasteiger partial charge in [-0.25, -0.2) is 9.97 Å². The van der Waals surface area contributed by atoms with Gasteiger partial charge in [0.2, 0.25) is 5.95 Å². The van der Waals surface area contributed by atoms with Crippen LogP contribution in [0.3, 0.4) is 0 Å². The molecule has 0 amide bonds. The van der Waals surface area contributed by atoms with Crippen molar-refractivity contribution in [1.29, 1.82) is 0 Å². The van der Waals surface area contributed by atoms with Gasteiger partial charge in [-0.05, 0) is 38.0 Å². The first-order chi connectivity index (χ1) is 19.1. The summed E-state index contributed by atoms with van der Waals surface area (Å²) in [4.78, 5) is 27.4. The highest BCUT2D eigenvalue weighted by Gasteiger charge is 2.68. The van der Waals surface area contributed by atoms with Crippen molar-refractivity contribution in [2.45, 2.75) is 57.6 Å². The Morgan fingerprint density at radius 3 is 2.83 bits per heavy atom. The SMILES string of the molecule is C=C(N)c1ncn([C@H]2C[C@H](O[PH](=O)OC[C@H]3O[C@@H](n4cnc5c(=O)[nH]c(N)nc54)C[C@@H]3C)[C@@]3(COC)C[C@H]23)c1C. The van der Waals surface area contributed by atoms with Crippen LogP contribution in [0.1, 0.15) is 49.8 Å². The molecule has 40 heavy (non-hydrogen) atoms. The third kappa shape index (κ3) is 4.47. The first-order valence-corrected chi connectivity index (χ1v) is 14.5. The number of rotatable bonds is 10. The maximum absolute atomic E-state index is 13.1. The van der Waals surface area contributed by atoms with E-state index < -0.39 is 20.0 Å². The Balaban J connectivity index is 1.09. The quantitative estimate of drug-likeness (QED) is 0.301. The van der Waals surface area contributed by atoms with Crippen LogP contribution in [-0.2, 0) is 23.1 Å². The smallest absolute Gasteiger partial charge is 0.319 e. The molecule has 3 aromatic rings. The fourth-order valence-electron chi connectivity index (χ4n) is 6.63. The van der Waals surface area contributed by atoms with E-state index in [9.17, 15) is 9.36 Å². The van der Waals surface area contributed by atoms with Crippen molar-refractivity contribution in [3.05, 3.63) is 41.0 Å². The second-order valence-electron chi connectivity index (χ2n) is 11.2. The zero-order valence-electron chi connectivity index (χ0n) is 22.7. The normalized spacial score (nSPS) is 32.0. The molecule has 3 aromatic heterocycles. The van der Waals surface area contributed by atoms with Crippen LogP contribution in [0.5, 0.6) is 0 Å². The van der Waals surface area contributed by atoms with E-state index in [1.54, 1.807) is 18.0 Å². The number of hydrogen-bond acceptors (Lipinski definition) is 11. The molecular weight excluding hydrogens is 539 g/mol. The number of aromatic nitrogens is 6. The molecule has 1 saturated heterocycles. The van der Waals surface area contributed by atoms with Gasteiger partial charge < -0.3 is 34.6 Å². The topological polar surface area (TPSA) is 187 Å². The summed E-state index contributed by atoms with van der Waals surface area (Å²) >= 11 is 0. The number of nitrogen functional groups attached to an aromatic ring is 1. The molecule has 14 nitrogen and oxygen atoms in total. The first-order valence-electron chi connectivity index (χ1n) is 13.3. The summed E-state index contributed by atoms with van der Waals surface area (Å²) in [5.74, 6) is 0.418. The van der Waals surface area contributed by atoms with Crippen LogP contribution in [0, 0.1) is 24.2 Å². The average Bonchev–Trinajstić information content (AvgIpc) is 3.23. The minimum absolute atomic E-state index is 0.00713. The number of anilines is 1. The zero-order chi connectivity index (χ0) is 28.3. The second-order valence-corrected chi connectivity index (χ2v) is 12.2. The zero-order valence-corrected chi connectivity index (χ0v) is 23.7. The Morgan fingerprint density at radius 1 is 1.32 bits per heavy atom. The molecule has 1 aliphatic heterocycles. The molecule has 0 aromatic carbocycles. The summed E-state index contributed by atoms with van der Waals surface area (Å²) in [5, 5.41) is 0. The maximum atomic E-state index is 13.1. The minimum atomic E-state index is -2.82. The highest BCUT2D eigenvalue weighted by Crippen LogP contribution is 2.69. The third-order valence-corrected chi connectivity index (χ3v) is 9.64. The first kappa shape index (κ1) is 27.2. The van der Waals surface area contributed by atoms with Crippen LogP contribution in [0.2, 0.25) is 0 Å². The van der Waals surface area contributed by atoms with Gasteiger partial charge >= 0.3 is 8.25 Å². The molecule has 8 atom stereocenters. The molecule has 3 aliphatic rings. The summed E-state index contributed by atoms with van der Waals surface area (Å²) in [6.45, 7) is 8.45. The summed E-state index contributed by atoms with van der Waals surface area (Å²) in [6, 6.07) is 0.134. The molecular formula is C25H35N8O6P. The molecule has 5 N–H and O–H groups in total. The van der Waals surface area contributed by atoms with E-state index in [4.69, 9.17) is 30.0 Å². The number of aromatic amines is 1. The van der Waals surface area contributed by atoms with Crippen molar-refractivity contribution in [2.24, 2.45) is 23.0 Å². The number of hydrogen-bond donors (Lipinski definition) is 3. The molecule has 0 spiro atoms. The Labute approximate surface area is 231 Å². The summed E-state index contributed by atoms with van der Waals surface area (Å²) < 4.78 is 40.5. The van der Waals surface area contributed by atoms with E-state index in [0.717, 1.165) is 12.1 Å². The number of imidazole rings is 2. The third-order valence-electron chi connectivity index (χ3n) is 8.76. The second kappa shape index (κ2) is 10.1. The Bertz CT molecular complexity index is 1530. The van der Waals surface area contributed by atoms with Crippen molar-refractivity contribution in [3.63, 3.8) is 0 Å². The lowest BCUT2D eigenvalue weighted by molar-refractivity contribution is -0.0267. The van der Waals surface area contributed by atoms with Crippen molar-refractivity contribution in [3.8, 4) is 0 Å². The van der Waals surface area contributed by atoms with Crippen LogP contribution in [0.15, 0.2) is 24.0 Å². The van der Waals surface area contributed by atoms with Gasteiger partial charge in [0.25, 0.3) is 5.56 Å². The van der Waals surface area contributed by atoms with Gasteiger partial charge in [0, 0.05) is 24.3 Å². The van der Waals surface area contributed by atoms with Gasteiger partial charge in [0.1, 0.15) is 11.9 Å². The van der Waals surface area contributed by atoms with Gasteiger partial charge in [-0.2, -0.15) is 4.98 Å². The van der Waals surface area contributed by atoms with E-state index in [-0.39, 0.29) is 47.7 Å². The lowest BCUT2D eigenvalue weighted by Gasteiger charge is -2.24. The molecule has 216 valence electrons. The van der Waals surface area contributed by atoms with E-state index in [2.05, 4.69) is 31.1 Å². The number of fused-ring (bicyclic) bond motifs is 2. The van der Waals surface area contributed by atoms with Gasteiger partial charge in [-0.3, -0.25) is 18.9 Å². The maximum Gasteiger partial charge on any atom is 0.319 e. The molecule has 3 fully saturated rings. The van der Waals surface area contributed by atoms with Crippen LogP contribution >= 0.6 is 8.25 Å². The number of nitrogens with two attached hydrogens (primary N) is 2. The Morgan fingerprint density at radius 2 is 2.10 bits per heavy atom. The highest BCUT2D eigenvalue weighted by molar-refractivity contribution is 7.33.